The van der Waals surface area contributed by atoms with Crippen molar-refractivity contribution >= 4 is 34.9 Å². The van der Waals surface area contributed by atoms with Crippen molar-refractivity contribution in [1.29, 1.82) is 0 Å². The minimum Gasteiger partial charge on any atom is -0.877 e. The molecule has 6 rings (SSSR count). The summed E-state index contributed by atoms with van der Waals surface area (Å²) >= 11 is 0. The molecule has 0 radical (unpaired) electrons. The van der Waals surface area contributed by atoms with Crippen molar-refractivity contribution in [1.82, 2.24) is 5.32 Å². The van der Waals surface area contributed by atoms with Crippen LogP contribution in [0.5, 0.6) is 0 Å². The Morgan fingerprint density at radius 2 is 1.78 bits per heavy atom. The van der Waals surface area contributed by atoms with Crippen molar-refractivity contribution in [2.24, 2.45) is 32.7 Å². The standard InChI is InChI=1S/C34H32N4O6.2Na/c1-6-17-14(3)21-10-22-15(4)19(8-9-27(40)41)31(37-22)29-30(34(43)44)33(42)28-16(5)23(38-32(28)29)11-25-18(7-2)20(13-39)26(36-25)12-24(17)35-21;;/h6,10-13,15,19,30,37,39H,1,7-9H2,2-5H3,(H,40,41)(H,43,44);;/q;2*+1/p-2/b20-13+,22-10?,23-11?,24-12?,31-29?;;/t15-,19-,30+;;/m0../s1. The van der Waals surface area contributed by atoms with Crippen LogP contribution < -0.4 is 74.6 Å². The van der Waals surface area contributed by atoms with Crippen molar-refractivity contribution in [2.45, 2.75) is 47.0 Å². The molecule has 5 heterocycles. The number of rotatable bonds is 6. The third-order valence-corrected chi connectivity index (χ3v) is 9.19. The number of nitrogens with one attached hydrogen (secondary N) is 1. The fourth-order valence-electron chi connectivity index (χ4n) is 6.87. The minimum absolute atomic E-state index is 0. The number of carboxylic acids is 2. The Morgan fingerprint density at radius 3 is 2.39 bits per heavy atom. The Labute approximate surface area is 310 Å². The molecule has 0 aromatic heterocycles. The van der Waals surface area contributed by atoms with Crippen LogP contribution in [0, 0.1) is 17.8 Å². The summed E-state index contributed by atoms with van der Waals surface area (Å²) in [6.45, 7) is 11.4. The van der Waals surface area contributed by atoms with Gasteiger partial charge in [-0.3, -0.25) is 9.59 Å². The van der Waals surface area contributed by atoms with Gasteiger partial charge in [0.25, 0.3) is 0 Å². The first kappa shape index (κ1) is 35.7. The summed E-state index contributed by atoms with van der Waals surface area (Å²) in [5.74, 6) is -5.32. The second-order valence-electron chi connectivity index (χ2n) is 11.5. The molecular weight excluding hydrogens is 606 g/mol. The van der Waals surface area contributed by atoms with Gasteiger partial charge in [0, 0.05) is 45.9 Å². The number of aliphatic carboxylic acids is 2. The molecule has 6 aliphatic rings. The number of carbonyl (C=O) groups excluding carboxylic acids is 2. The largest absolute Gasteiger partial charge is 1.00 e. The van der Waals surface area contributed by atoms with Crippen LogP contribution in [-0.2, 0) is 14.4 Å². The van der Waals surface area contributed by atoms with E-state index in [1.165, 1.54) is 0 Å². The molecule has 0 unspecified atom stereocenters. The van der Waals surface area contributed by atoms with E-state index in [1.54, 1.807) is 25.2 Å². The summed E-state index contributed by atoms with van der Waals surface area (Å²) in [7, 11) is 0. The van der Waals surface area contributed by atoms with E-state index in [0.29, 0.717) is 63.0 Å². The van der Waals surface area contributed by atoms with E-state index < -0.39 is 29.6 Å². The third-order valence-electron chi connectivity index (χ3n) is 9.19. The molecule has 8 bridgehead atoms. The van der Waals surface area contributed by atoms with Crippen LogP contribution >= 0.6 is 0 Å². The van der Waals surface area contributed by atoms with Crippen LogP contribution in [0.1, 0.15) is 47.0 Å². The summed E-state index contributed by atoms with van der Waals surface area (Å²) in [6, 6.07) is 0. The summed E-state index contributed by atoms with van der Waals surface area (Å²) in [4.78, 5) is 52.3. The van der Waals surface area contributed by atoms with E-state index in [2.05, 4.69) is 11.9 Å². The van der Waals surface area contributed by atoms with E-state index >= 15 is 0 Å². The zero-order valence-corrected chi connectivity index (χ0v) is 30.8. The molecule has 5 aliphatic heterocycles. The van der Waals surface area contributed by atoms with Gasteiger partial charge >= 0.3 is 65.1 Å². The summed E-state index contributed by atoms with van der Waals surface area (Å²) in [6.07, 6.45) is 8.25. The second-order valence-corrected chi connectivity index (χ2v) is 11.5. The van der Waals surface area contributed by atoms with Crippen LogP contribution in [0.4, 0.5) is 0 Å². The number of hydrogen-bond donors (Lipinski definition) is 2. The predicted molar refractivity (Wildman–Crippen MR) is 161 cm³/mol. The monoisotopic (exact) mass is 636 g/mol. The Hall–Kier alpha value is -3.12. The molecule has 1 saturated heterocycles. The zero-order valence-electron chi connectivity index (χ0n) is 26.8. The minimum atomic E-state index is -1.50. The molecular formula is C34H30N4Na2O6. The van der Waals surface area contributed by atoms with Gasteiger partial charge in [-0.15, -0.1) is 6.26 Å². The summed E-state index contributed by atoms with van der Waals surface area (Å²) < 4.78 is 0. The molecule has 0 spiro atoms. The molecule has 10 nitrogen and oxygen atoms in total. The molecule has 224 valence electrons. The molecule has 46 heavy (non-hydrogen) atoms. The van der Waals surface area contributed by atoms with E-state index in [9.17, 15) is 29.7 Å². The van der Waals surface area contributed by atoms with Crippen LogP contribution in [0.2, 0.25) is 0 Å². The van der Waals surface area contributed by atoms with Gasteiger partial charge < -0.3 is 25.4 Å². The van der Waals surface area contributed by atoms with Crippen LogP contribution in [-0.4, -0.2) is 40.0 Å². The first-order valence-electron chi connectivity index (χ1n) is 14.5. The Balaban J connectivity index is 0.00000240. The normalized spacial score (nSPS) is 25.4. The number of allylic oxidation sites excluding steroid dienone is 11. The van der Waals surface area contributed by atoms with Crippen molar-refractivity contribution in [2.75, 3.05) is 0 Å². The van der Waals surface area contributed by atoms with Gasteiger partial charge in [-0.25, -0.2) is 15.0 Å². The smallest absolute Gasteiger partial charge is 0.877 e. The average Bonchev–Trinajstić information content (AvgIpc) is 3.72. The fourth-order valence-corrected chi connectivity index (χ4v) is 6.87. The van der Waals surface area contributed by atoms with Gasteiger partial charge in [-0.1, -0.05) is 26.5 Å². The van der Waals surface area contributed by atoms with Crippen molar-refractivity contribution in [3.05, 3.63) is 105 Å². The van der Waals surface area contributed by atoms with Crippen LogP contribution in [0.15, 0.2) is 120 Å². The number of carbonyl (C=O) groups is 3. The first-order chi connectivity index (χ1) is 21.0. The fraction of sp³-hybridized carbons (Fsp3) is 0.294. The molecule has 0 aromatic rings. The molecule has 12 heteroatoms. The zero-order chi connectivity index (χ0) is 31.6. The number of ketones is 1. The van der Waals surface area contributed by atoms with E-state index in [4.69, 9.17) is 15.0 Å². The van der Waals surface area contributed by atoms with Crippen LogP contribution in [0.25, 0.3) is 0 Å². The molecule has 1 saturated carbocycles. The van der Waals surface area contributed by atoms with Crippen molar-refractivity contribution < 1.29 is 88.8 Å². The van der Waals surface area contributed by atoms with E-state index in [1.807, 2.05) is 26.8 Å². The average molecular weight is 637 g/mol. The maximum Gasteiger partial charge on any atom is 1.00 e. The van der Waals surface area contributed by atoms with Crippen molar-refractivity contribution in [3.63, 3.8) is 0 Å². The topological polar surface area (TPSA) is 167 Å². The second kappa shape index (κ2) is 13.5. The maximum atomic E-state index is 13.7. The predicted octanol–water partition coefficient (Wildman–Crippen LogP) is -3.33. The number of carboxylic acid groups (broad SMARTS) is 2. The first-order valence-corrected chi connectivity index (χ1v) is 14.5. The number of fused-ring (bicyclic) bond motifs is 5. The van der Waals surface area contributed by atoms with Crippen LogP contribution in [0.3, 0.4) is 0 Å². The van der Waals surface area contributed by atoms with Gasteiger partial charge in [0.1, 0.15) is 5.92 Å². The van der Waals surface area contributed by atoms with Gasteiger partial charge in [-0.05, 0) is 73.6 Å². The molecule has 2 fully saturated rings. The van der Waals surface area contributed by atoms with Gasteiger partial charge in [0.2, 0.25) is 0 Å². The maximum absolute atomic E-state index is 13.7. The number of nitrogens with zero attached hydrogens (tertiary/aromatic N) is 3. The Morgan fingerprint density at radius 1 is 1.07 bits per heavy atom. The molecule has 0 amide bonds. The van der Waals surface area contributed by atoms with Gasteiger partial charge in [-0.2, -0.15) is 0 Å². The SMILES string of the molecule is C=CC1=C(C)C2=NC1=CC1=NC(=C(CC)/C1=C\[O-])C=C1N=C3C(=C1C)C(=O)[C@H](C(=O)O)C3=C1NC(=C2)[C@@H](C)[C@@H]1CCC(=O)[O-].[Na+].[Na+]. The van der Waals surface area contributed by atoms with E-state index in [0.717, 1.165) is 17.4 Å². The quantitative estimate of drug-likeness (QED) is 0.175. The van der Waals surface area contributed by atoms with E-state index in [-0.39, 0.29) is 94.7 Å². The van der Waals surface area contributed by atoms with Crippen molar-refractivity contribution in [3.8, 4) is 0 Å². The molecule has 3 atom stereocenters. The van der Waals surface area contributed by atoms with Gasteiger partial charge in [0.15, 0.2) is 5.78 Å². The Bertz CT molecular complexity index is 1860. The molecule has 0 aromatic carbocycles. The van der Waals surface area contributed by atoms with Gasteiger partial charge in [0.05, 0.1) is 34.2 Å². The number of aliphatic imine (C=N–C) groups is 3. The molecule has 2 N–H and O–H groups in total. The molecule has 1 aliphatic carbocycles. The Kier molecular flexibility index (Phi) is 10.5. The number of Topliss-reactive ketones (excluding diaryl/α,β-unsaturated/α-hetero) is 1. The third kappa shape index (κ3) is 5.59. The summed E-state index contributed by atoms with van der Waals surface area (Å²) in [5.41, 5.74) is 7.79. The number of hydrogen-bond acceptors (Lipinski definition) is 9. The summed E-state index contributed by atoms with van der Waals surface area (Å²) in [5, 5.41) is 37.5.